The molecule has 0 aliphatic rings. The number of nitro benzene ring substituents is 1. The summed E-state index contributed by atoms with van der Waals surface area (Å²) in [5.41, 5.74) is 10.5. The Morgan fingerprint density at radius 1 is 0.885 bits per heavy atom. The van der Waals surface area contributed by atoms with Gasteiger partial charge in [0.15, 0.2) is 0 Å². The van der Waals surface area contributed by atoms with Gasteiger partial charge in [-0.2, -0.15) is 10.2 Å². The van der Waals surface area contributed by atoms with Crippen molar-refractivity contribution in [3.8, 4) is 11.1 Å². The van der Waals surface area contributed by atoms with Crippen LogP contribution in [0.25, 0.3) is 21.6 Å². The fourth-order valence-electron chi connectivity index (χ4n) is 2.44. The van der Waals surface area contributed by atoms with Crippen molar-refractivity contribution in [3.63, 3.8) is 0 Å². The minimum absolute atomic E-state index is 0.0626. The van der Waals surface area contributed by atoms with Crippen molar-refractivity contribution < 1.29 is 4.92 Å². The molecule has 0 aliphatic carbocycles. The third-order valence-electron chi connectivity index (χ3n) is 3.57. The average Bonchev–Trinajstić information content (AvgIpc) is 2.68. The van der Waals surface area contributed by atoms with Crippen molar-refractivity contribution >= 4 is 22.7 Å². The number of azide groups is 1. The van der Waals surface area contributed by atoms with E-state index < -0.39 is 4.92 Å². The van der Waals surface area contributed by atoms with Gasteiger partial charge >= 0.3 is 0 Å². The summed E-state index contributed by atoms with van der Waals surface area (Å²) in [5.74, 6) is 0. The Balaban J connectivity index is 2.22. The lowest BCUT2D eigenvalue weighted by Crippen LogP contribution is -1.92. The lowest BCUT2D eigenvalue weighted by molar-refractivity contribution is -0.384. The standard InChI is InChI=1S/C18H12N6O2/c19-23-22-18-15(21-20-14-9-5-2-6-10-14)11-12-16(24(25)26)17(18)13-7-3-1-4-8-13/h1-12H. The molecule has 3 aromatic rings. The van der Waals surface area contributed by atoms with E-state index in [-0.39, 0.29) is 22.6 Å². The average molecular weight is 344 g/mol. The molecule has 0 saturated carbocycles. The molecule has 0 aliphatic heterocycles. The highest BCUT2D eigenvalue weighted by atomic mass is 16.6. The normalized spacial score (nSPS) is 10.5. The summed E-state index contributed by atoms with van der Waals surface area (Å²) in [7, 11) is 0. The maximum Gasteiger partial charge on any atom is 0.277 e. The molecule has 0 fully saturated rings. The van der Waals surface area contributed by atoms with Crippen LogP contribution in [0.15, 0.2) is 88.1 Å². The Hall–Kier alpha value is -4.03. The third kappa shape index (κ3) is 3.55. The molecule has 26 heavy (non-hydrogen) atoms. The minimum atomic E-state index is -0.517. The Kier molecular flexibility index (Phi) is 4.98. The Labute approximate surface area is 148 Å². The van der Waals surface area contributed by atoms with E-state index in [1.54, 1.807) is 42.5 Å². The van der Waals surface area contributed by atoms with Crippen LogP contribution in [0, 0.1) is 10.1 Å². The van der Waals surface area contributed by atoms with Gasteiger partial charge in [0.1, 0.15) is 0 Å². The zero-order chi connectivity index (χ0) is 18.4. The van der Waals surface area contributed by atoms with Crippen LogP contribution in [0.5, 0.6) is 0 Å². The third-order valence-corrected chi connectivity index (χ3v) is 3.57. The van der Waals surface area contributed by atoms with Crippen LogP contribution in [0.2, 0.25) is 0 Å². The molecular formula is C18H12N6O2. The first kappa shape index (κ1) is 16.8. The maximum atomic E-state index is 11.5. The molecule has 126 valence electrons. The summed E-state index contributed by atoms with van der Waals surface area (Å²) >= 11 is 0. The molecule has 0 atom stereocenters. The second kappa shape index (κ2) is 7.69. The Bertz CT molecular complexity index is 1010. The second-order valence-corrected chi connectivity index (χ2v) is 5.18. The van der Waals surface area contributed by atoms with E-state index >= 15 is 0 Å². The number of rotatable bonds is 5. The van der Waals surface area contributed by atoms with E-state index in [2.05, 4.69) is 20.3 Å². The van der Waals surface area contributed by atoms with Crippen molar-refractivity contribution in [3.05, 3.63) is 93.4 Å². The van der Waals surface area contributed by atoms with Gasteiger partial charge in [0.05, 0.1) is 27.5 Å². The molecule has 0 heterocycles. The number of hydrogen-bond donors (Lipinski definition) is 0. The summed E-state index contributed by atoms with van der Waals surface area (Å²) in [6.07, 6.45) is 0. The fourth-order valence-corrected chi connectivity index (χ4v) is 2.44. The Morgan fingerprint density at radius 2 is 1.54 bits per heavy atom. The second-order valence-electron chi connectivity index (χ2n) is 5.18. The van der Waals surface area contributed by atoms with Gasteiger partial charge < -0.3 is 0 Å². The number of nitro groups is 1. The van der Waals surface area contributed by atoms with Crippen LogP contribution in [0.3, 0.4) is 0 Å². The van der Waals surface area contributed by atoms with Crippen molar-refractivity contribution in [2.75, 3.05) is 0 Å². The largest absolute Gasteiger partial charge is 0.277 e. The molecule has 0 aromatic heterocycles. The lowest BCUT2D eigenvalue weighted by atomic mass is 10.0. The van der Waals surface area contributed by atoms with Crippen molar-refractivity contribution in [2.24, 2.45) is 15.3 Å². The molecule has 0 N–H and O–H groups in total. The first-order valence-electron chi connectivity index (χ1n) is 7.59. The zero-order valence-electron chi connectivity index (χ0n) is 13.4. The molecule has 0 bridgehead atoms. The molecule has 0 unspecified atom stereocenters. The van der Waals surface area contributed by atoms with Gasteiger partial charge in [0.2, 0.25) is 0 Å². The molecule has 8 nitrogen and oxygen atoms in total. The highest BCUT2D eigenvalue weighted by Gasteiger charge is 2.21. The summed E-state index contributed by atoms with van der Waals surface area (Å²) in [4.78, 5) is 13.8. The van der Waals surface area contributed by atoms with Crippen LogP contribution in [0.4, 0.5) is 22.7 Å². The first-order chi connectivity index (χ1) is 12.7. The summed E-state index contributed by atoms with van der Waals surface area (Å²) in [6, 6.07) is 20.5. The lowest BCUT2D eigenvalue weighted by Gasteiger charge is -2.09. The van der Waals surface area contributed by atoms with E-state index in [1.165, 1.54) is 12.1 Å². The fraction of sp³-hybridized carbons (Fsp3) is 0. The molecule has 0 saturated heterocycles. The topological polar surface area (TPSA) is 117 Å². The van der Waals surface area contributed by atoms with Gasteiger partial charge in [-0.25, -0.2) is 0 Å². The number of benzene rings is 3. The van der Waals surface area contributed by atoms with E-state index in [1.807, 2.05) is 18.2 Å². The number of hydrogen-bond acceptors (Lipinski definition) is 5. The van der Waals surface area contributed by atoms with E-state index in [4.69, 9.17) is 5.53 Å². The first-order valence-corrected chi connectivity index (χ1v) is 7.59. The van der Waals surface area contributed by atoms with Gasteiger partial charge in [-0.15, -0.1) is 0 Å². The Morgan fingerprint density at radius 3 is 2.15 bits per heavy atom. The highest BCUT2D eigenvalue weighted by molar-refractivity contribution is 5.90. The summed E-state index contributed by atoms with van der Waals surface area (Å²) < 4.78 is 0. The van der Waals surface area contributed by atoms with Gasteiger partial charge in [-0.05, 0) is 29.3 Å². The van der Waals surface area contributed by atoms with Crippen molar-refractivity contribution in [2.45, 2.75) is 0 Å². The SMILES string of the molecule is [N-]=[N+]=Nc1c(N=Nc2ccccc2)ccc([N+](=O)[O-])c1-c1ccccc1. The van der Waals surface area contributed by atoms with Crippen LogP contribution < -0.4 is 0 Å². The molecule has 0 radical (unpaired) electrons. The van der Waals surface area contributed by atoms with Crippen LogP contribution in [-0.4, -0.2) is 4.92 Å². The molecule has 3 rings (SSSR count). The van der Waals surface area contributed by atoms with E-state index in [0.717, 1.165) is 0 Å². The number of azo groups is 1. The number of nitrogens with zero attached hydrogens (tertiary/aromatic N) is 6. The summed E-state index contributed by atoms with van der Waals surface area (Å²) in [6.45, 7) is 0. The van der Waals surface area contributed by atoms with Crippen LogP contribution >= 0.6 is 0 Å². The van der Waals surface area contributed by atoms with Crippen molar-refractivity contribution in [1.82, 2.24) is 0 Å². The highest BCUT2D eigenvalue weighted by Crippen LogP contribution is 2.44. The van der Waals surface area contributed by atoms with Crippen LogP contribution in [-0.2, 0) is 0 Å². The summed E-state index contributed by atoms with van der Waals surface area (Å²) in [5, 5.41) is 23.3. The van der Waals surface area contributed by atoms with Crippen LogP contribution in [0.1, 0.15) is 0 Å². The monoisotopic (exact) mass is 344 g/mol. The molecule has 8 heteroatoms. The molecule has 0 spiro atoms. The van der Waals surface area contributed by atoms with Gasteiger partial charge in [0.25, 0.3) is 5.69 Å². The minimum Gasteiger partial charge on any atom is -0.258 e. The molecule has 3 aromatic carbocycles. The zero-order valence-corrected chi connectivity index (χ0v) is 13.4. The van der Waals surface area contributed by atoms with E-state index in [9.17, 15) is 10.1 Å². The molecule has 0 amide bonds. The van der Waals surface area contributed by atoms with Gasteiger partial charge in [-0.3, -0.25) is 10.1 Å². The van der Waals surface area contributed by atoms with Crippen molar-refractivity contribution in [1.29, 1.82) is 0 Å². The molecular weight excluding hydrogens is 332 g/mol. The van der Waals surface area contributed by atoms with Gasteiger partial charge in [0, 0.05) is 11.0 Å². The van der Waals surface area contributed by atoms with Gasteiger partial charge in [-0.1, -0.05) is 53.6 Å². The quantitative estimate of drug-likeness (QED) is 0.170. The van der Waals surface area contributed by atoms with E-state index in [0.29, 0.717) is 11.3 Å². The predicted octanol–water partition coefficient (Wildman–Crippen LogP) is 6.62. The predicted molar refractivity (Wildman–Crippen MR) is 98.0 cm³/mol. The maximum absolute atomic E-state index is 11.5. The smallest absolute Gasteiger partial charge is 0.258 e.